The van der Waals surface area contributed by atoms with Crippen LogP contribution in [0.4, 0.5) is 11.5 Å². The van der Waals surface area contributed by atoms with Gasteiger partial charge in [0, 0.05) is 43.3 Å². The Morgan fingerprint density at radius 2 is 1.93 bits per heavy atom. The molecule has 0 saturated carbocycles. The molecule has 0 bridgehead atoms. The van der Waals surface area contributed by atoms with E-state index in [0.717, 1.165) is 16.9 Å². The summed E-state index contributed by atoms with van der Waals surface area (Å²) in [6.07, 6.45) is 7.20. The molecule has 0 amide bonds. The van der Waals surface area contributed by atoms with Crippen LogP contribution in [0, 0.1) is 0 Å². The fourth-order valence-corrected chi connectivity index (χ4v) is 3.76. The van der Waals surface area contributed by atoms with Crippen molar-refractivity contribution in [2.45, 2.75) is 4.90 Å². The molecule has 9 nitrogen and oxygen atoms in total. The van der Waals surface area contributed by atoms with Crippen molar-refractivity contribution in [3.05, 3.63) is 49.1 Å². The number of imidazole rings is 1. The topological polar surface area (TPSA) is 108 Å². The highest BCUT2D eigenvalue weighted by Crippen LogP contribution is 2.25. The van der Waals surface area contributed by atoms with E-state index in [2.05, 4.69) is 25.5 Å². The number of aromatic amines is 1. The average Bonchev–Trinajstić information content (AvgIpc) is 3.31. The lowest BCUT2D eigenvalue weighted by atomic mass is 10.1. The van der Waals surface area contributed by atoms with E-state index in [1.54, 1.807) is 42.9 Å². The maximum atomic E-state index is 12.2. The zero-order valence-electron chi connectivity index (χ0n) is 15.6. The van der Waals surface area contributed by atoms with Crippen LogP contribution in [0.15, 0.2) is 53.9 Å². The normalized spacial score (nSPS) is 12.0. The highest BCUT2D eigenvalue weighted by Gasteiger charge is 2.17. The number of rotatable bonds is 5. The van der Waals surface area contributed by atoms with Crippen molar-refractivity contribution < 1.29 is 8.42 Å². The predicted molar refractivity (Wildman–Crippen MR) is 109 cm³/mol. The van der Waals surface area contributed by atoms with Crippen molar-refractivity contribution >= 4 is 40.6 Å². The number of sulfonamides is 1. The van der Waals surface area contributed by atoms with E-state index in [1.807, 2.05) is 18.4 Å². The van der Waals surface area contributed by atoms with Crippen molar-refractivity contribution in [3.63, 3.8) is 0 Å². The number of anilines is 2. The zero-order valence-corrected chi connectivity index (χ0v) is 16.4. The summed E-state index contributed by atoms with van der Waals surface area (Å²) in [6, 6.07) is 6.54. The van der Waals surface area contributed by atoms with Crippen LogP contribution in [-0.2, 0) is 10.0 Å². The second-order valence-electron chi connectivity index (χ2n) is 6.49. The third kappa shape index (κ3) is 3.14. The van der Waals surface area contributed by atoms with E-state index in [9.17, 15) is 8.42 Å². The molecule has 3 heterocycles. The van der Waals surface area contributed by atoms with Crippen LogP contribution in [0.25, 0.3) is 16.9 Å². The molecule has 4 aromatic rings. The van der Waals surface area contributed by atoms with Crippen LogP contribution >= 0.6 is 0 Å². The molecule has 0 aliphatic rings. The molecule has 11 heteroatoms. The number of hydrogen-bond donors (Lipinski definition) is 2. The van der Waals surface area contributed by atoms with Gasteiger partial charge in [0.1, 0.15) is 0 Å². The standard InChI is InChI=1S/C17H18BN7O2S/c1-24(2)28(26,27)13-5-3-12(4-6-13)22-16-17-19-9-14(11-7-20-21-8-11)25(17)10-15(18)23-16/h3-10H,18H2,1-2H3,(H,20,21)(H,22,23). The molecule has 0 aliphatic carbocycles. The number of nitrogens with one attached hydrogen (secondary N) is 2. The van der Waals surface area contributed by atoms with Crippen LogP contribution in [0.3, 0.4) is 0 Å². The number of H-pyrrole nitrogens is 1. The number of benzene rings is 1. The minimum atomic E-state index is -3.47. The maximum Gasteiger partial charge on any atom is 0.242 e. The lowest BCUT2D eigenvalue weighted by Gasteiger charge is -2.13. The van der Waals surface area contributed by atoms with Crippen molar-refractivity contribution in [2.75, 3.05) is 19.4 Å². The predicted octanol–water partition coefficient (Wildman–Crippen LogP) is 0.372. The van der Waals surface area contributed by atoms with E-state index in [0.29, 0.717) is 17.2 Å². The van der Waals surface area contributed by atoms with Gasteiger partial charge in [0.2, 0.25) is 10.0 Å². The van der Waals surface area contributed by atoms with Gasteiger partial charge in [0.05, 0.1) is 23.0 Å². The number of fused-ring (bicyclic) bond motifs is 1. The van der Waals surface area contributed by atoms with Crippen LogP contribution < -0.4 is 10.9 Å². The second-order valence-corrected chi connectivity index (χ2v) is 8.64. The quantitative estimate of drug-likeness (QED) is 0.473. The molecule has 0 spiro atoms. The van der Waals surface area contributed by atoms with Gasteiger partial charge in [-0.05, 0) is 24.3 Å². The Hall–Kier alpha value is -3.18. The largest absolute Gasteiger partial charge is 0.337 e. The monoisotopic (exact) mass is 395 g/mol. The Labute approximate surface area is 162 Å². The van der Waals surface area contributed by atoms with Gasteiger partial charge in [-0.15, -0.1) is 0 Å². The highest BCUT2D eigenvalue weighted by molar-refractivity contribution is 7.89. The first-order chi connectivity index (χ1) is 13.4. The molecule has 0 unspecified atom stereocenters. The minimum absolute atomic E-state index is 0.230. The molecule has 28 heavy (non-hydrogen) atoms. The SMILES string of the molecule is Bc1cn2c(-c3cn[nH]c3)cnc2c(Nc2ccc(S(=O)(=O)N(C)C)cc2)n1. The van der Waals surface area contributed by atoms with Gasteiger partial charge in [-0.25, -0.2) is 22.7 Å². The smallest absolute Gasteiger partial charge is 0.242 e. The Balaban J connectivity index is 1.71. The Morgan fingerprint density at radius 1 is 1.18 bits per heavy atom. The first-order valence-corrected chi connectivity index (χ1v) is 9.94. The highest BCUT2D eigenvalue weighted by atomic mass is 32.2. The summed E-state index contributed by atoms with van der Waals surface area (Å²) in [5, 5.41) is 10.0. The van der Waals surface area contributed by atoms with Crippen LogP contribution in [0.2, 0.25) is 0 Å². The van der Waals surface area contributed by atoms with Crippen molar-refractivity contribution in [3.8, 4) is 11.3 Å². The lowest BCUT2D eigenvalue weighted by Crippen LogP contribution is -2.22. The van der Waals surface area contributed by atoms with Crippen LogP contribution in [0.1, 0.15) is 0 Å². The first kappa shape index (κ1) is 18.2. The summed E-state index contributed by atoms with van der Waals surface area (Å²) in [4.78, 5) is 9.26. The first-order valence-electron chi connectivity index (χ1n) is 8.50. The Morgan fingerprint density at radius 3 is 2.57 bits per heavy atom. The summed E-state index contributed by atoms with van der Waals surface area (Å²) < 4.78 is 27.5. The molecule has 3 aromatic heterocycles. The van der Waals surface area contributed by atoms with Gasteiger partial charge >= 0.3 is 0 Å². The molecule has 1 aromatic carbocycles. The molecular formula is C17H18BN7O2S. The molecule has 4 rings (SSSR count). The molecule has 0 atom stereocenters. The van der Waals surface area contributed by atoms with Crippen molar-refractivity contribution in [1.29, 1.82) is 0 Å². The van der Waals surface area contributed by atoms with Crippen LogP contribution in [0.5, 0.6) is 0 Å². The number of hydrogen-bond acceptors (Lipinski definition) is 6. The van der Waals surface area contributed by atoms with E-state index in [1.165, 1.54) is 18.4 Å². The van der Waals surface area contributed by atoms with Gasteiger partial charge in [-0.2, -0.15) is 5.10 Å². The minimum Gasteiger partial charge on any atom is -0.337 e. The van der Waals surface area contributed by atoms with Gasteiger partial charge in [0.15, 0.2) is 19.3 Å². The summed E-state index contributed by atoms with van der Waals surface area (Å²) >= 11 is 0. The molecule has 2 N–H and O–H groups in total. The van der Waals surface area contributed by atoms with Gasteiger partial charge in [0.25, 0.3) is 0 Å². The average molecular weight is 395 g/mol. The summed E-state index contributed by atoms with van der Waals surface area (Å²) in [5.41, 5.74) is 3.99. The summed E-state index contributed by atoms with van der Waals surface area (Å²) in [6.45, 7) is 0. The van der Waals surface area contributed by atoms with Crippen LogP contribution in [-0.4, -0.2) is 59.2 Å². The molecule has 0 saturated heterocycles. The van der Waals surface area contributed by atoms with Crippen molar-refractivity contribution in [2.24, 2.45) is 0 Å². The number of nitrogens with zero attached hydrogens (tertiary/aromatic N) is 5. The van der Waals surface area contributed by atoms with Crippen molar-refractivity contribution in [1.82, 2.24) is 28.9 Å². The van der Waals surface area contributed by atoms with Gasteiger partial charge in [-0.1, -0.05) is 0 Å². The van der Waals surface area contributed by atoms with Gasteiger partial charge in [-0.3, -0.25) is 9.50 Å². The Kier molecular flexibility index (Phi) is 4.40. The molecule has 142 valence electrons. The second kappa shape index (κ2) is 6.77. The van der Waals surface area contributed by atoms with E-state index in [4.69, 9.17) is 0 Å². The molecule has 0 aliphatic heterocycles. The summed E-state index contributed by atoms with van der Waals surface area (Å²) in [5.74, 6) is 0.581. The maximum absolute atomic E-state index is 12.2. The molecule has 0 radical (unpaired) electrons. The fourth-order valence-electron chi connectivity index (χ4n) is 2.85. The Bertz CT molecular complexity index is 1230. The fraction of sp³-hybridized carbons (Fsp3) is 0.118. The van der Waals surface area contributed by atoms with E-state index < -0.39 is 10.0 Å². The number of aromatic nitrogens is 5. The lowest BCUT2D eigenvalue weighted by molar-refractivity contribution is 0.521. The van der Waals surface area contributed by atoms with Gasteiger partial charge < -0.3 is 5.32 Å². The third-order valence-corrected chi connectivity index (χ3v) is 6.13. The van der Waals surface area contributed by atoms with E-state index >= 15 is 0 Å². The summed E-state index contributed by atoms with van der Waals surface area (Å²) in [7, 11) is 1.44. The zero-order chi connectivity index (χ0) is 19.9. The molecular weight excluding hydrogens is 377 g/mol. The third-order valence-electron chi connectivity index (χ3n) is 4.30. The molecule has 0 fully saturated rings. The van der Waals surface area contributed by atoms with E-state index in [-0.39, 0.29) is 4.90 Å².